The lowest BCUT2D eigenvalue weighted by atomic mass is 10.1. The summed E-state index contributed by atoms with van der Waals surface area (Å²) in [6.45, 7) is 5.66. The predicted molar refractivity (Wildman–Crippen MR) is 56.5 cm³/mol. The Kier molecular flexibility index (Phi) is 7.17. The second-order valence-corrected chi connectivity index (χ2v) is 3.56. The SMILES string of the molecule is CCC/C=C(\CC)CCN(C)C. The zero-order valence-electron chi connectivity index (χ0n) is 9.06. The fourth-order valence-electron chi connectivity index (χ4n) is 1.14. The Labute approximate surface area is 77.5 Å². The Balaban J connectivity index is 3.66. The second-order valence-electron chi connectivity index (χ2n) is 3.56. The van der Waals surface area contributed by atoms with Crippen LogP contribution in [0, 0.1) is 0 Å². The highest BCUT2D eigenvalue weighted by Gasteiger charge is 1.95. The van der Waals surface area contributed by atoms with Crippen LogP contribution >= 0.6 is 0 Å². The molecular weight excluding hydrogens is 146 g/mol. The third-order valence-electron chi connectivity index (χ3n) is 2.06. The van der Waals surface area contributed by atoms with E-state index in [1.807, 2.05) is 0 Å². The molecule has 0 spiro atoms. The predicted octanol–water partition coefficient (Wildman–Crippen LogP) is 3.07. The molecule has 1 nitrogen and oxygen atoms in total. The first kappa shape index (κ1) is 11.7. The van der Waals surface area contributed by atoms with E-state index in [9.17, 15) is 0 Å². The molecule has 0 rings (SSSR count). The molecule has 0 fully saturated rings. The molecule has 0 N–H and O–H groups in total. The molecule has 0 atom stereocenters. The van der Waals surface area contributed by atoms with E-state index in [1.165, 1.54) is 32.2 Å². The monoisotopic (exact) mass is 169 g/mol. The maximum Gasteiger partial charge on any atom is 0.00125 e. The minimum Gasteiger partial charge on any atom is -0.309 e. The Morgan fingerprint density at radius 2 is 1.92 bits per heavy atom. The average molecular weight is 169 g/mol. The van der Waals surface area contributed by atoms with Crippen LogP contribution in [0.15, 0.2) is 11.6 Å². The zero-order valence-corrected chi connectivity index (χ0v) is 9.06. The van der Waals surface area contributed by atoms with Crippen molar-refractivity contribution >= 4 is 0 Å². The van der Waals surface area contributed by atoms with Crippen molar-refractivity contribution in [1.29, 1.82) is 0 Å². The largest absolute Gasteiger partial charge is 0.309 e. The highest BCUT2D eigenvalue weighted by Crippen LogP contribution is 2.08. The highest BCUT2D eigenvalue weighted by atomic mass is 15.0. The Morgan fingerprint density at radius 1 is 1.25 bits per heavy atom. The van der Waals surface area contributed by atoms with Crippen molar-refractivity contribution in [2.45, 2.75) is 39.5 Å². The molecule has 12 heavy (non-hydrogen) atoms. The summed E-state index contributed by atoms with van der Waals surface area (Å²) >= 11 is 0. The molecule has 0 aliphatic heterocycles. The molecule has 0 amide bonds. The number of rotatable bonds is 6. The van der Waals surface area contributed by atoms with Crippen molar-refractivity contribution in [2.24, 2.45) is 0 Å². The van der Waals surface area contributed by atoms with E-state index in [2.05, 4.69) is 38.9 Å². The number of unbranched alkanes of at least 4 members (excludes halogenated alkanes) is 1. The summed E-state index contributed by atoms with van der Waals surface area (Å²) in [5.74, 6) is 0. The third kappa shape index (κ3) is 6.41. The van der Waals surface area contributed by atoms with Gasteiger partial charge in [-0.15, -0.1) is 0 Å². The van der Waals surface area contributed by atoms with Crippen LogP contribution in [0.3, 0.4) is 0 Å². The average Bonchev–Trinajstić information content (AvgIpc) is 2.05. The quantitative estimate of drug-likeness (QED) is 0.552. The molecule has 0 aliphatic rings. The van der Waals surface area contributed by atoms with Gasteiger partial charge in [-0.25, -0.2) is 0 Å². The number of nitrogens with zero attached hydrogens (tertiary/aromatic N) is 1. The maximum atomic E-state index is 2.41. The van der Waals surface area contributed by atoms with Gasteiger partial charge in [0.1, 0.15) is 0 Å². The number of hydrogen-bond donors (Lipinski definition) is 0. The Hall–Kier alpha value is -0.300. The van der Waals surface area contributed by atoms with Crippen LogP contribution in [0.2, 0.25) is 0 Å². The maximum absolute atomic E-state index is 2.41. The summed E-state index contributed by atoms with van der Waals surface area (Å²) in [5, 5.41) is 0. The van der Waals surface area contributed by atoms with Crippen molar-refractivity contribution in [3.8, 4) is 0 Å². The first-order valence-electron chi connectivity index (χ1n) is 5.03. The van der Waals surface area contributed by atoms with Crippen LogP contribution in [0.25, 0.3) is 0 Å². The summed E-state index contributed by atoms with van der Waals surface area (Å²) < 4.78 is 0. The van der Waals surface area contributed by atoms with Crippen molar-refractivity contribution in [1.82, 2.24) is 4.90 Å². The van der Waals surface area contributed by atoms with Gasteiger partial charge >= 0.3 is 0 Å². The summed E-state index contributed by atoms with van der Waals surface area (Å²) in [6.07, 6.45) is 7.38. The lowest BCUT2D eigenvalue weighted by Crippen LogP contribution is -2.13. The van der Waals surface area contributed by atoms with E-state index >= 15 is 0 Å². The molecule has 0 aromatic rings. The van der Waals surface area contributed by atoms with Crippen molar-refractivity contribution < 1.29 is 0 Å². The first-order valence-corrected chi connectivity index (χ1v) is 5.03. The normalized spacial score (nSPS) is 12.6. The first-order chi connectivity index (χ1) is 5.70. The summed E-state index contributed by atoms with van der Waals surface area (Å²) in [4.78, 5) is 2.25. The van der Waals surface area contributed by atoms with Crippen LogP contribution in [0.4, 0.5) is 0 Å². The number of allylic oxidation sites excluding steroid dienone is 1. The molecule has 0 heterocycles. The van der Waals surface area contributed by atoms with E-state index in [4.69, 9.17) is 0 Å². The topological polar surface area (TPSA) is 3.24 Å². The summed E-state index contributed by atoms with van der Waals surface area (Å²) in [6, 6.07) is 0. The van der Waals surface area contributed by atoms with Gasteiger partial charge in [-0.2, -0.15) is 0 Å². The number of hydrogen-bond acceptors (Lipinski definition) is 1. The van der Waals surface area contributed by atoms with Gasteiger partial charge in [0, 0.05) is 6.54 Å². The van der Waals surface area contributed by atoms with Gasteiger partial charge in [-0.05, 0) is 33.4 Å². The van der Waals surface area contributed by atoms with Crippen molar-refractivity contribution in [2.75, 3.05) is 20.6 Å². The molecule has 72 valence electrons. The molecule has 0 saturated heterocycles. The van der Waals surface area contributed by atoms with Gasteiger partial charge in [0.2, 0.25) is 0 Å². The van der Waals surface area contributed by atoms with E-state index in [-0.39, 0.29) is 0 Å². The second kappa shape index (κ2) is 7.35. The smallest absolute Gasteiger partial charge is 0.00125 e. The van der Waals surface area contributed by atoms with Gasteiger partial charge in [-0.1, -0.05) is 31.9 Å². The summed E-state index contributed by atoms with van der Waals surface area (Å²) in [7, 11) is 4.26. The molecule has 0 unspecified atom stereocenters. The van der Waals surface area contributed by atoms with Gasteiger partial charge in [0.15, 0.2) is 0 Å². The highest BCUT2D eigenvalue weighted by molar-refractivity contribution is 5.01. The molecule has 0 bridgehead atoms. The van der Waals surface area contributed by atoms with Gasteiger partial charge in [0.25, 0.3) is 0 Å². The molecule has 0 aromatic heterocycles. The fraction of sp³-hybridized carbons (Fsp3) is 0.818. The van der Waals surface area contributed by atoms with Crippen LogP contribution in [-0.2, 0) is 0 Å². The van der Waals surface area contributed by atoms with Crippen molar-refractivity contribution in [3.63, 3.8) is 0 Å². The summed E-state index contributed by atoms with van der Waals surface area (Å²) in [5.41, 5.74) is 1.62. The molecule has 0 aliphatic carbocycles. The molecule has 1 heteroatoms. The lowest BCUT2D eigenvalue weighted by Gasteiger charge is -2.10. The van der Waals surface area contributed by atoms with Crippen LogP contribution in [0.5, 0.6) is 0 Å². The van der Waals surface area contributed by atoms with E-state index < -0.39 is 0 Å². The van der Waals surface area contributed by atoms with Gasteiger partial charge in [0.05, 0.1) is 0 Å². The van der Waals surface area contributed by atoms with Crippen LogP contribution in [-0.4, -0.2) is 25.5 Å². The van der Waals surface area contributed by atoms with Gasteiger partial charge < -0.3 is 4.90 Å². The fourth-order valence-corrected chi connectivity index (χ4v) is 1.14. The molecule has 0 radical (unpaired) electrons. The minimum atomic E-state index is 1.18. The van der Waals surface area contributed by atoms with E-state index in [0.29, 0.717) is 0 Å². The Morgan fingerprint density at radius 3 is 2.33 bits per heavy atom. The van der Waals surface area contributed by atoms with Gasteiger partial charge in [-0.3, -0.25) is 0 Å². The van der Waals surface area contributed by atoms with E-state index in [0.717, 1.165) is 0 Å². The zero-order chi connectivity index (χ0) is 9.40. The standard InChI is InChI=1S/C11H23N/c1-5-7-8-11(6-2)9-10-12(3)4/h8H,5-7,9-10H2,1-4H3/b11-8+. The van der Waals surface area contributed by atoms with Crippen LogP contribution in [0.1, 0.15) is 39.5 Å². The van der Waals surface area contributed by atoms with Crippen molar-refractivity contribution in [3.05, 3.63) is 11.6 Å². The Bertz CT molecular complexity index is 125. The lowest BCUT2D eigenvalue weighted by molar-refractivity contribution is 0.411. The third-order valence-corrected chi connectivity index (χ3v) is 2.06. The molecule has 0 saturated carbocycles. The minimum absolute atomic E-state index is 1.18. The van der Waals surface area contributed by atoms with Crippen LogP contribution < -0.4 is 0 Å². The molecule has 0 aromatic carbocycles. The van der Waals surface area contributed by atoms with E-state index in [1.54, 1.807) is 5.57 Å². The molecular formula is C11H23N.